The lowest BCUT2D eigenvalue weighted by atomic mass is 10.0. The molecule has 0 unspecified atom stereocenters. The van der Waals surface area contributed by atoms with E-state index in [-0.39, 0.29) is 18.2 Å². The number of hydrogen-bond donors (Lipinski definition) is 1. The number of nitrogens with one attached hydrogen (secondary N) is 1. The lowest BCUT2D eigenvalue weighted by Crippen LogP contribution is -2.45. The first-order valence-electron chi connectivity index (χ1n) is 5.71. The Kier molecular flexibility index (Phi) is 4.42. The Morgan fingerprint density at radius 3 is 2.65 bits per heavy atom. The van der Waals surface area contributed by atoms with Gasteiger partial charge in [0.2, 0.25) is 5.91 Å². The smallest absolute Gasteiger partial charge is 0.305 e. The zero-order valence-electron chi connectivity index (χ0n) is 10.5. The van der Waals surface area contributed by atoms with Crippen LogP contribution in [0, 0.1) is 10.1 Å². The van der Waals surface area contributed by atoms with Gasteiger partial charge >= 0.3 is 11.4 Å². The van der Waals surface area contributed by atoms with E-state index >= 15 is 0 Å². The lowest BCUT2D eigenvalue weighted by molar-refractivity contribution is -0.384. The highest BCUT2D eigenvalue weighted by Crippen LogP contribution is 2.28. The van der Waals surface area contributed by atoms with Crippen molar-refractivity contribution in [2.75, 3.05) is 6.61 Å². The van der Waals surface area contributed by atoms with E-state index in [4.69, 9.17) is 8.37 Å². The van der Waals surface area contributed by atoms with E-state index in [1.54, 1.807) is 0 Å². The summed E-state index contributed by atoms with van der Waals surface area (Å²) in [4.78, 5) is 21.2. The molecule has 1 N–H and O–H groups in total. The van der Waals surface area contributed by atoms with Crippen molar-refractivity contribution in [2.45, 2.75) is 19.1 Å². The molecule has 108 valence electrons. The molecule has 1 heterocycles. The highest BCUT2D eigenvalue weighted by atomic mass is 32.2. The van der Waals surface area contributed by atoms with Crippen LogP contribution in [0.3, 0.4) is 0 Å². The molecule has 1 saturated heterocycles. The number of hydrogen-bond acceptors (Lipinski definition) is 6. The highest BCUT2D eigenvalue weighted by molar-refractivity contribution is 7.75. The van der Waals surface area contributed by atoms with Gasteiger partial charge in [-0.1, -0.05) is 0 Å². The minimum atomic E-state index is -1.91. The Balaban J connectivity index is 2.23. The molecule has 20 heavy (non-hydrogen) atoms. The van der Waals surface area contributed by atoms with E-state index in [2.05, 4.69) is 5.32 Å². The number of carbonyl (C=O) groups excluding carboxylic acids is 1. The Morgan fingerprint density at radius 2 is 2.10 bits per heavy atom. The van der Waals surface area contributed by atoms with Crippen LogP contribution in [0.4, 0.5) is 5.69 Å². The van der Waals surface area contributed by atoms with Crippen molar-refractivity contribution in [3.05, 3.63) is 39.9 Å². The summed E-state index contributed by atoms with van der Waals surface area (Å²) < 4.78 is 21.3. The number of nitrogens with zero attached hydrogens (tertiary/aromatic N) is 1. The molecule has 0 bridgehead atoms. The number of rotatable bonds is 3. The maximum absolute atomic E-state index is 11.3. The number of benzene rings is 1. The first-order valence-corrected chi connectivity index (χ1v) is 6.71. The molecule has 3 atom stereocenters. The van der Waals surface area contributed by atoms with Gasteiger partial charge in [-0.25, -0.2) is 0 Å². The van der Waals surface area contributed by atoms with Crippen molar-refractivity contribution in [3.63, 3.8) is 0 Å². The summed E-state index contributed by atoms with van der Waals surface area (Å²) in [7, 11) is 0. The molecule has 8 nitrogen and oxygen atoms in total. The van der Waals surface area contributed by atoms with E-state index in [1.165, 1.54) is 31.2 Å². The van der Waals surface area contributed by atoms with E-state index < -0.39 is 28.4 Å². The fourth-order valence-electron chi connectivity index (χ4n) is 1.85. The van der Waals surface area contributed by atoms with E-state index in [0.717, 1.165) is 0 Å². The number of nitro benzene ring substituents is 1. The summed E-state index contributed by atoms with van der Waals surface area (Å²) in [5.41, 5.74) is 0.518. The summed E-state index contributed by atoms with van der Waals surface area (Å²) in [6.45, 7) is 1.38. The zero-order valence-corrected chi connectivity index (χ0v) is 11.3. The molecule has 1 aliphatic heterocycles. The van der Waals surface area contributed by atoms with Crippen molar-refractivity contribution in [1.82, 2.24) is 5.32 Å². The molecular formula is C11H12N2O6S. The van der Waals surface area contributed by atoms with E-state index in [0.29, 0.717) is 5.56 Å². The first-order chi connectivity index (χ1) is 9.47. The van der Waals surface area contributed by atoms with Crippen molar-refractivity contribution >= 4 is 23.0 Å². The minimum Gasteiger partial charge on any atom is -0.348 e. The Bertz CT molecular complexity index is 546. The monoisotopic (exact) mass is 300 g/mol. The zero-order chi connectivity index (χ0) is 14.7. The van der Waals surface area contributed by atoms with Gasteiger partial charge in [0.25, 0.3) is 5.69 Å². The third-order valence-corrected chi connectivity index (χ3v) is 3.41. The molecule has 1 fully saturated rings. The molecule has 0 spiro atoms. The number of nitro groups is 1. The lowest BCUT2D eigenvalue weighted by Gasteiger charge is -2.30. The molecular weight excluding hydrogens is 288 g/mol. The topological polar surface area (TPSA) is 108 Å². The molecule has 1 amide bonds. The van der Waals surface area contributed by atoms with Crippen molar-refractivity contribution in [3.8, 4) is 0 Å². The maximum Gasteiger partial charge on any atom is 0.305 e. The van der Waals surface area contributed by atoms with Gasteiger partial charge in [0.15, 0.2) is 0 Å². The van der Waals surface area contributed by atoms with Crippen molar-refractivity contribution in [1.29, 1.82) is 0 Å². The summed E-state index contributed by atoms with van der Waals surface area (Å²) >= 11 is -1.91. The average molecular weight is 300 g/mol. The van der Waals surface area contributed by atoms with Gasteiger partial charge in [-0.15, -0.1) is 0 Å². The van der Waals surface area contributed by atoms with E-state index in [9.17, 15) is 19.1 Å². The quantitative estimate of drug-likeness (QED) is 0.652. The predicted octanol–water partition coefficient (Wildman–Crippen LogP) is 0.766. The highest BCUT2D eigenvalue weighted by Gasteiger charge is 2.33. The van der Waals surface area contributed by atoms with Crippen LogP contribution < -0.4 is 5.32 Å². The van der Waals surface area contributed by atoms with E-state index in [1.807, 2.05) is 0 Å². The van der Waals surface area contributed by atoms with Gasteiger partial charge in [-0.3, -0.25) is 23.3 Å². The molecule has 1 aliphatic rings. The normalized spacial score (nSPS) is 25.9. The molecule has 1 aromatic rings. The third-order valence-electron chi connectivity index (χ3n) is 2.71. The van der Waals surface area contributed by atoms with Crippen LogP contribution in [0.25, 0.3) is 0 Å². The third kappa shape index (κ3) is 3.38. The standard InChI is InChI=1S/C11H12N2O6S/c1-7(14)12-10-6-18-20(17)19-11(10)8-2-4-9(5-3-8)13(15)16/h2-5,10-11H,6H2,1H3,(H,12,14)/t10-,11-,20-/m1/s1. The molecule has 0 saturated carbocycles. The first kappa shape index (κ1) is 14.6. The van der Waals surface area contributed by atoms with Gasteiger partial charge in [-0.2, -0.15) is 4.21 Å². The second-order valence-electron chi connectivity index (χ2n) is 4.16. The second-order valence-corrected chi connectivity index (χ2v) is 5.00. The van der Waals surface area contributed by atoms with Gasteiger partial charge in [0, 0.05) is 19.1 Å². The maximum atomic E-state index is 11.3. The average Bonchev–Trinajstić information content (AvgIpc) is 2.40. The van der Waals surface area contributed by atoms with Gasteiger partial charge in [-0.05, 0) is 17.7 Å². The summed E-state index contributed by atoms with van der Waals surface area (Å²) in [5.74, 6) is -0.276. The molecule has 2 rings (SSSR count). The molecule has 0 radical (unpaired) electrons. The van der Waals surface area contributed by atoms with Gasteiger partial charge < -0.3 is 5.32 Å². The van der Waals surface area contributed by atoms with Crippen LogP contribution in [-0.4, -0.2) is 27.7 Å². The van der Waals surface area contributed by atoms with Crippen LogP contribution in [0.15, 0.2) is 24.3 Å². The Morgan fingerprint density at radius 1 is 1.45 bits per heavy atom. The number of non-ortho nitro benzene ring substituents is 1. The molecule has 1 aromatic carbocycles. The van der Waals surface area contributed by atoms with Crippen LogP contribution in [0.5, 0.6) is 0 Å². The van der Waals surface area contributed by atoms with Crippen LogP contribution in [0.2, 0.25) is 0 Å². The van der Waals surface area contributed by atoms with Crippen LogP contribution >= 0.6 is 0 Å². The summed E-state index contributed by atoms with van der Waals surface area (Å²) in [6.07, 6.45) is -0.686. The van der Waals surface area contributed by atoms with Crippen molar-refractivity contribution < 1.29 is 22.3 Å². The predicted molar refractivity (Wildman–Crippen MR) is 68.6 cm³/mol. The largest absolute Gasteiger partial charge is 0.348 e. The number of amides is 1. The van der Waals surface area contributed by atoms with Gasteiger partial charge in [0.05, 0.1) is 17.6 Å². The minimum absolute atomic E-state index is 0.0356. The molecule has 0 aromatic heterocycles. The molecule has 9 heteroatoms. The Labute approximate surface area is 117 Å². The van der Waals surface area contributed by atoms with Crippen LogP contribution in [-0.2, 0) is 24.5 Å². The van der Waals surface area contributed by atoms with Gasteiger partial charge in [0.1, 0.15) is 6.10 Å². The number of carbonyl (C=O) groups is 1. The fraction of sp³-hybridized carbons (Fsp3) is 0.364. The second kappa shape index (κ2) is 6.07. The Hall–Kier alpha value is -1.84. The summed E-state index contributed by atoms with van der Waals surface area (Å²) in [6, 6.07) is 5.14. The SMILES string of the molecule is CC(=O)N[C@@H]1CO[S@@](=O)O[C@@H]1c1ccc([N+](=O)[O-])cc1. The van der Waals surface area contributed by atoms with Crippen molar-refractivity contribution in [2.24, 2.45) is 0 Å². The molecule has 0 aliphatic carbocycles. The van der Waals surface area contributed by atoms with Crippen LogP contribution in [0.1, 0.15) is 18.6 Å². The summed E-state index contributed by atoms with van der Waals surface area (Å²) in [5, 5.41) is 13.2. The fourth-order valence-corrected chi connectivity index (χ4v) is 2.58.